The smallest absolute Gasteiger partial charge is 0.237 e. The van der Waals surface area contributed by atoms with Gasteiger partial charge in [-0.2, -0.15) is 0 Å². The second-order valence-corrected chi connectivity index (χ2v) is 5.32. The minimum absolute atomic E-state index is 0.000958. The van der Waals surface area contributed by atoms with Crippen LogP contribution >= 0.6 is 0 Å². The number of hydrogen-bond acceptors (Lipinski definition) is 3. The number of carbonyl (C=O) groups is 2. The molecule has 0 aromatic rings. The predicted octanol–water partition coefficient (Wildman–Crippen LogP) is 1.57. The summed E-state index contributed by atoms with van der Waals surface area (Å²) in [6.45, 7) is 10.5. The van der Waals surface area contributed by atoms with E-state index < -0.39 is 0 Å². The molecule has 2 atom stereocenters. The van der Waals surface area contributed by atoms with Gasteiger partial charge in [-0.15, -0.1) is 0 Å². The number of rotatable bonds is 10. The molecule has 0 heterocycles. The highest BCUT2D eigenvalue weighted by Gasteiger charge is 2.15. The molecule has 0 aromatic heterocycles. The van der Waals surface area contributed by atoms with Crippen LogP contribution in [0.25, 0.3) is 0 Å². The Balaban J connectivity index is 3.89. The maximum Gasteiger partial charge on any atom is 0.237 e. The maximum absolute atomic E-state index is 11.9. The summed E-state index contributed by atoms with van der Waals surface area (Å²) in [5.41, 5.74) is 0. The van der Waals surface area contributed by atoms with Crippen molar-refractivity contribution in [3.8, 4) is 0 Å². The molecular formula is C15H31N3O2. The van der Waals surface area contributed by atoms with Gasteiger partial charge in [0.25, 0.3) is 0 Å². The van der Waals surface area contributed by atoms with E-state index in [9.17, 15) is 9.59 Å². The molecular weight excluding hydrogens is 254 g/mol. The summed E-state index contributed by atoms with van der Waals surface area (Å²) in [7, 11) is 0. The van der Waals surface area contributed by atoms with E-state index >= 15 is 0 Å². The first-order chi connectivity index (χ1) is 9.44. The zero-order valence-corrected chi connectivity index (χ0v) is 13.6. The summed E-state index contributed by atoms with van der Waals surface area (Å²) in [5, 5.41) is 8.98. The molecule has 118 valence electrons. The van der Waals surface area contributed by atoms with Crippen molar-refractivity contribution in [2.24, 2.45) is 0 Å². The molecule has 0 saturated carbocycles. The molecule has 0 bridgehead atoms. The summed E-state index contributed by atoms with van der Waals surface area (Å²) in [6.07, 6.45) is 3.19. The normalized spacial score (nSPS) is 13.9. The lowest BCUT2D eigenvalue weighted by molar-refractivity contribution is -0.124. The summed E-state index contributed by atoms with van der Waals surface area (Å²) < 4.78 is 0. The quantitative estimate of drug-likeness (QED) is 0.570. The van der Waals surface area contributed by atoms with Gasteiger partial charge in [-0.25, -0.2) is 0 Å². The van der Waals surface area contributed by atoms with Crippen LogP contribution in [0.1, 0.15) is 60.3 Å². The van der Waals surface area contributed by atoms with Crippen LogP contribution in [0.4, 0.5) is 0 Å². The minimum Gasteiger partial charge on any atom is -0.354 e. The Hall–Kier alpha value is -1.10. The molecule has 0 saturated heterocycles. The van der Waals surface area contributed by atoms with E-state index in [0.717, 1.165) is 19.3 Å². The average Bonchev–Trinajstić information content (AvgIpc) is 2.43. The highest BCUT2D eigenvalue weighted by atomic mass is 16.2. The van der Waals surface area contributed by atoms with E-state index in [1.807, 2.05) is 20.8 Å². The Labute approximate surface area is 123 Å². The Morgan fingerprint density at radius 2 is 1.55 bits per heavy atom. The third-order valence-corrected chi connectivity index (χ3v) is 3.55. The first-order valence-electron chi connectivity index (χ1n) is 7.77. The van der Waals surface area contributed by atoms with Crippen molar-refractivity contribution in [1.29, 1.82) is 0 Å². The van der Waals surface area contributed by atoms with Crippen LogP contribution in [-0.2, 0) is 9.59 Å². The highest BCUT2D eigenvalue weighted by molar-refractivity contribution is 5.81. The fourth-order valence-electron chi connectivity index (χ4n) is 1.76. The topological polar surface area (TPSA) is 70.2 Å². The lowest BCUT2D eigenvalue weighted by atomic mass is 10.1. The van der Waals surface area contributed by atoms with E-state index in [0.29, 0.717) is 13.0 Å². The molecule has 0 radical (unpaired) electrons. The first-order valence-corrected chi connectivity index (χ1v) is 7.77. The molecule has 0 aliphatic rings. The van der Waals surface area contributed by atoms with Crippen LogP contribution in [0.2, 0.25) is 0 Å². The fraction of sp³-hybridized carbons (Fsp3) is 0.867. The van der Waals surface area contributed by atoms with Crippen molar-refractivity contribution in [2.75, 3.05) is 6.54 Å². The SMILES string of the molecule is CCC(C)NC(=O)CCNC(C)C(=O)NC(CC)CC. The van der Waals surface area contributed by atoms with E-state index in [2.05, 4.69) is 29.8 Å². The molecule has 0 spiro atoms. The van der Waals surface area contributed by atoms with Crippen LogP contribution in [0.3, 0.4) is 0 Å². The lowest BCUT2D eigenvalue weighted by Gasteiger charge is -2.19. The van der Waals surface area contributed by atoms with Crippen molar-refractivity contribution in [3.63, 3.8) is 0 Å². The van der Waals surface area contributed by atoms with Gasteiger partial charge in [-0.1, -0.05) is 20.8 Å². The largest absolute Gasteiger partial charge is 0.354 e. The molecule has 20 heavy (non-hydrogen) atoms. The minimum atomic E-state index is -0.271. The van der Waals surface area contributed by atoms with Crippen LogP contribution < -0.4 is 16.0 Å². The Morgan fingerprint density at radius 3 is 2.05 bits per heavy atom. The van der Waals surface area contributed by atoms with Gasteiger partial charge < -0.3 is 16.0 Å². The molecule has 0 rings (SSSR count). The first kappa shape index (κ1) is 18.9. The van der Waals surface area contributed by atoms with Crippen molar-refractivity contribution < 1.29 is 9.59 Å². The van der Waals surface area contributed by atoms with Gasteiger partial charge in [0.2, 0.25) is 11.8 Å². The predicted molar refractivity (Wildman–Crippen MR) is 82.5 cm³/mol. The zero-order chi connectivity index (χ0) is 15.5. The number of carbonyl (C=O) groups excluding carboxylic acids is 2. The Kier molecular flexibility index (Phi) is 10.1. The number of nitrogens with one attached hydrogen (secondary N) is 3. The van der Waals surface area contributed by atoms with E-state index in [1.54, 1.807) is 0 Å². The highest BCUT2D eigenvalue weighted by Crippen LogP contribution is 1.97. The molecule has 0 aliphatic heterocycles. The van der Waals surface area contributed by atoms with Gasteiger partial charge in [-0.05, 0) is 33.1 Å². The standard InChI is InChI=1S/C15H31N3O2/c1-6-11(4)17-14(19)9-10-16-12(5)15(20)18-13(7-2)8-3/h11-13,16H,6-10H2,1-5H3,(H,17,19)(H,18,20). The Morgan fingerprint density at radius 1 is 0.950 bits per heavy atom. The summed E-state index contributed by atoms with van der Waals surface area (Å²) in [4.78, 5) is 23.5. The lowest BCUT2D eigenvalue weighted by Crippen LogP contribution is -2.46. The number of hydrogen-bond donors (Lipinski definition) is 3. The van der Waals surface area contributed by atoms with Crippen molar-refractivity contribution in [3.05, 3.63) is 0 Å². The second-order valence-electron chi connectivity index (χ2n) is 5.32. The Bertz CT molecular complexity index is 291. The summed E-state index contributed by atoms with van der Waals surface area (Å²) >= 11 is 0. The van der Waals surface area contributed by atoms with Crippen molar-refractivity contribution >= 4 is 11.8 Å². The van der Waals surface area contributed by atoms with E-state index in [4.69, 9.17) is 0 Å². The molecule has 5 nitrogen and oxygen atoms in total. The molecule has 2 amide bonds. The van der Waals surface area contributed by atoms with Gasteiger partial charge in [-0.3, -0.25) is 9.59 Å². The van der Waals surface area contributed by atoms with Crippen LogP contribution in [0.15, 0.2) is 0 Å². The monoisotopic (exact) mass is 285 g/mol. The molecule has 0 fully saturated rings. The van der Waals surface area contributed by atoms with Crippen LogP contribution in [0, 0.1) is 0 Å². The van der Waals surface area contributed by atoms with Gasteiger partial charge in [0, 0.05) is 25.0 Å². The molecule has 5 heteroatoms. The fourth-order valence-corrected chi connectivity index (χ4v) is 1.76. The third-order valence-electron chi connectivity index (χ3n) is 3.55. The molecule has 3 N–H and O–H groups in total. The average molecular weight is 285 g/mol. The van der Waals surface area contributed by atoms with Gasteiger partial charge >= 0.3 is 0 Å². The third kappa shape index (κ3) is 8.15. The molecule has 0 aromatic carbocycles. The van der Waals surface area contributed by atoms with E-state index in [1.165, 1.54) is 0 Å². The van der Waals surface area contributed by atoms with E-state index in [-0.39, 0.29) is 29.9 Å². The van der Waals surface area contributed by atoms with Gasteiger partial charge in [0.1, 0.15) is 0 Å². The van der Waals surface area contributed by atoms with Gasteiger partial charge in [0.05, 0.1) is 6.04 Å². The zero-order valence-electron chi connectivity index (χ0n) is 13.6. The summed E-state index contributed by atoms with van der Waals surface area (Å²) in [5.74, 6) is 0.0282. The van der Waals surface area contributed by atoms with Gasteiger partial charge in [0.15, 0.2) is 0 Å². The molecule has 0 aliphatic carbocycles. The number of amides is 2. The van der Waals surface area contributed by atoms with Crippen LogP contribution in [0.5, 0.6) is 0 Å². The van der Waals surface area contributed by atoms with Crippen LogP contribution in [-0.4, -0.2) is 36.5 Å². The van der Waals surface area contributed by atoms with Crippen molar-refractivity contribution in [1.82, 2.24) is 16.0 Å². The maximum atomic E-state index is 11.9. The summed E-state index contributed by atoms with van der Waals surface area (Å²) in [6, 6.07) is 0.172. The molecule has 2 unspecified atom stereocenters. The van der Waals surface area contributed by atoms with Crippen molar-refractivity contribution in [2.45, 2.75) is 78.4 Å². The second kappa shape index (κ2) is 10.7.